The van der Waals surface area contributed by atoms with E-state index in [9.17, 15) is 18.4 Å². The topological polar surface area (TPSA) is 79.6 Å². The van der Waals surface area contributed by atoms with Gasteiger partial charge in [-0.1, -0.05) is 12.1 Å². The van der Waals surface area contributed by atoms with Crippen LogP contribution in [0.5, 0.6) is 0 Å². The predicted octanol–water partition coefficient (Wildman–Crippen LogP) is 1.88. The molecule has 1 aromatic carbocycles. The second-order valence-electron chi connectivity index (χ2n) is 6.01. The molecule has 0 N–H and O–H groups in total. The minimum absolute atomic E-state index is 0.0170. The smallest absolute Gasteiger partial charge is 0.301 e. The summed E-state index contributed by atoms with van der Waals surface area (Å²) in [6.07, 6.45) is 0. The minimum Gasteiger partial charge on any atom is -0.301 e. The van der Waals surface area contributed by atoms with Gasteiger partial charge in [0.2, 0.25) is 5.28 Å². The van der Waals surface area contributed by atoms with Gasteiger partial charge in [-0.25, -0.2) is 9.78 Å². The molecule has 0 bridgehead atoms. The summed E-state index contributed by atoms with van der Waals surface area (Å²) >= 11 is 6.16. The first kappa shape index (κ1) is 17.4. The molecule has 0 aliphatic carbocycles. The molecule has 0 saturated heterocycles. The van der Waals surface area contributed by atoms with Gasteiger partial charge in [0.25, 0.3) is 5.56 Å². The zero-order chi connectivity index (χ0) is 19.5. The van der Waals surface area contributed by atoms with Crippen LogP contribution in [0.3, 0.4) is 0 Å². The van der Waals surface area contributed by atoms with Crippen molar-refractivity contribution in [2.24, 2.45) is 14.1 Å². The Morgan fingerprint density at radius 2 is 1.81 bits per heavy atom. The third kappa shape index (κ3) is 2.47. The van der Waals surface area contributed by atoms with Crippen molar-refractivity contribution in [1.82, 2.24) is 28.2 Å². The van der Waals surface area contributed by atoms with Crippen LogP contribution in [0.15, 0.2) is 33.9 Å². The lowest BCUT2D eigenvalue weighted by Gasteiger charge is -2.10. The van der Waals surface area contributed by atoms with Gasteiger partial charge in [0.1, 0.15) is 5.82 Å². The van der Waals surface area contributed by atoms with Crippen LogP contribution in [0.4, 0.5) is 8.78 Å². The number of benzene rings is 1. The van der Waals surface area contributed by atoms with Crippen molar-refractivity contribution in [1.29, 1.82) is 0 Å². The van der Waals surface area contributed by atoms with Gasteiger partial charge in [-0.05, 0) is 23.7 Å². The van der Waals surface area contributed by atoms with Crippen molar-refractivity contribution in [3.63, 3.8) is 0 Å². The highest BCUT2D eigenvalue weighted by Gasteiger charge is 2.22. The average molecular weight is 395 g/mol. The maximum absolute atomic E-state index is 13.6. The first-order valence-electron chi connectivity index (χ1n) is 7.87. The second-order valence-corrected chi connectivity index (χ2v) is 6.35. The number of imidazole rings is 2. The van der Waals surface area contributed by atoms with E-state index >= 15 is 0 Å². The van der Waals surface area contributed by atoms with E-state index in [2.05, 4.69) is 9.97 Å². The molecule has 0 aliphatic heterocycles. The number of para-hydroxylation sites is 2. The maximum Gasteiger partial charge on any atom is 0.332 e. The standard InChI is InChI=1S/C16H13ClF2N6O2/c1-22-12-11(13(26)23(2)16(22)27)24(14(17)21-12)7-10-20-8-5-3-4-6-9(8)25(10)15(18)19/h3-6,15H,7H2,1-2H3. The number of fused-ring (bicyclic) bond motifs is 2. The van der Waals surface area contributed by atoms with Crippen molar-refractivity contribution < 1.29 is 8.78 Å². The Balaban J connectivity index is 2.00. The lowest BCUT2D eigenvalue weighted by molar-refractivity contribution is 0.0712. The van der Waals surface area contributed by atoms with Crippen LogP contribution < -0.4 is 11.2 Å². The fraction of sp³-hybridized carbons (Fsp3) is 0.250. The van der Waals surface area contributed by atoms with Gasteiger partial charge >= 0.3 is 12.2 Å². The molecule has 4 rings (SSSR count). The molecular weight excluding hydrogens is 382 g/mol. The molecule has 8 nitrogen and oxygen atoms in total. The highest BCUT2D eigenvalue weighted by molar-refractivity contribution is 6.29. The van der Waals surface area contributed by atoms with E-state index in [4.69, 9.17) is 11.6 Å². The summed E-state index contributed by atoms with van der Waals surface area (Å²) in [6.45, 7) is -3.03. The fourth-order valence-corrected chi connectivity index (χ4v) is 3.35. The maximum atomic E-state index is 13.6. The summed E-state index contributed by atoms with van der Waals surface area (Å²) in [5.74, 6) is 0.0170. The largest absolute Gasteiger partial charge is 0.332 e. The Hall–Kier alpha value is -3.01. The Morgan fingerprint density at radius 1 is 1.11 bits per heavy atom. The van der Waals surface area contributed by atoms with Crippen LogP contribution >= 0.6 is 11.6 Å². The van der Waals surface area contributed by atoms with Crippen LogP contribution in [0.2, 0.25) is 5.28 Å². The lowest BCUT2D eigenvalue weighted by Crippen LogP contribution is -2.37. The predicted molar refractivity (Wildman–Crippen MR) is 95.3 cm³/mol. The van der Waals surface area contributed by atoms with Crippen LogP contribution in [0.1, 0.15) is 12.4 Å². The molecule has 11 heteroatoms. The Kier molecular flexibility index (Phi) is 3.88. The molecule has 0 aliphatic rings. The molecule has 0 fully saturated rings. The number of alkyl halides is 2. The average Bonchev–Trinajstić information content (AvgIpc) is 3.16. The van der Waals surface area contributed by atoms with Gasteiger partial charge in [-0.15, -0.1) is 0 Å². The fourth-order valence-electron chi connectivity index (χ4n) is 3.13. The summed E-state index contributed by atoms with van der Waals surface area (Å²) in [5, 5.41) is -0.101. The highest BCUT2D eigenvalue weighted by Crippen LogP contribution is 2.25. The zero-order valence-corrected chi connectivity index (χ0v) is 15.0. The third-order valence-electron chi connectivity index (χ3n) is 4.46. The van der Waals surface area contributed by atoms with Crippen molar-refractivity contribution in [3.8, 4) is 0 Å². The molecule has 27 heavy (non-hydrogen) atoms. The zero-order valence-electron chi connectivity index (χ0n) is 14.2. The number of aryl methyl sites for hydroxylation is 1. The van der Waals surface area contributed by atoms with Gasteiger partial charge in [-0.3, -0.25) is 18.5 Å². The number of hydrogen-bond donors (Lipinski definition) is 0. The van der Waals surface area contributed by atoms with E-state index in [-0.39, 0.29) is 34.3 Å². The van der Waals surface area contributed by atoms with E-state index in [1.807, 2.05) is 0 Å². The van der Waals surface area contributed by atoms with E-state index in [1.165, 1.54) is 29.3 Å². The van der Waals surface area contributed by atoms with E-state index < -0.39 is 17.8 Å². The van der Waals surface area contributed by atoms with E-state index in [0.717, 1.165) is 9.13 Å². The van der Waals surface area contributed by atoms with Gasteiger partial charge in [0.15, 0.2) is 11.2 Å². The quantitative estimate of drug-likeness (QED) is 0.497. The van der Waals surface area contributed by atoms with E-state index in [0.29, 0.717) is 5.52 Å². The number of aromatic nitrogens is 6. The number of nitrogens with zero attached hydrogens (tertiary/aromatic N) is 6. The number of hydrogen-bond acceptors (Lipinski definition) is 4. The van der Waals surface area contributed by atoms with Crippen molar-refractivity contribution in [2.45, 2.75) is 13.1 Å². The Morgan fingerprint density at radius 3 is 2.52 bits per heavy atom. The van der Waals surface area contributed by atoms with Crippen molar-refractivity contribution in [2.75, 3.05) is 0 Å². The lowest BCUT2D eigenvalue weighted by atomic mass is 10.3. The molecule has 0 radical (unpaired) electrons. The van der Waals surface area contributed by atoms with E-state index in [1.54, 1.807) is 18.2 Å². The first-order valence-corrected chi connectivity index (χ1v) is 8.24. The van der Waals surface area contributed by atoms with Gasteiger partial charge < -0.3 is 4.57 Å². The van der Waals surface area contributed by atoms with Crippen LogP contribution in [0, 0.1) is 0 Å². The molecule has 0 atom stereocenters. The summed E-state index contributed by atoms with van der Waals surface area (Å²) in [6, 6.07) is 6.49. The van der Waals surface area contributed by atoms with Gasteiger partial charge in [0, 0.05) is 14.1 Å². The second kappa shape index (κ2) is 6.02. The van der Waals surface area contributed by atoms with Crippen LogP contribution in [-0.4, -0.2) is 28.2 Å². The molecule has 0 saturated carbocycles. The van der Waals surface area contributed by atoms with Crippen LogP contribution in [0.25, 0.3) is 22.2 Å². The normalized spacial score (nSPS) is 11.9. The Bertz CT molecular complexity index is 1320. The van der Waals surface area contributed by atoms with Gasteiger partial charge in [-0.2, -0.15) is 13.8 Å². The summed E-state index contributed by atoms with van der Waals surface area (Å²) in [4.78, 5) is 32.9. The molecule has 0 amide bonds. The molecule has 4 aromatic rings. The van der Waals surface area contributed by atoms with Crippen molar-refractivity contribution in [3.05, 3.63) is 56.2 Å². The van der Waals surface area contributed by atoms with Crippen molar-refractivity contribution >= 4 is 33.8 Å². The van der Waals surface area contributed by atoms with Gasteiger partial charge in [0.05, 0.1) is 17.6 Å². The molecule has 0 unspecified atom stereocenters. The highest BCUT2D eigenvalue weighted by atomic mass is 35.5. The molecule has 3 heterocycles. The summed E-state index contributed by atoms with van der Waals surface area (Å²) in [5.41, 5.74) is -0.400. The molecular formula is C16H13ClF2N6O2. The monoisotopic (exact) mass is 394 g/mol. The molecule has 140 valence electrons. The first-order chi connectivity index (χ1) is 12.8. The van der Waals surface area contributed by atoms with Crippen LogP contribution in [-0.2, 0) is 20.6 Å². The third-order valence-corrected chi connectivity index (χ3v) is 4.75. The molecule has 0 spiro atoms. The molecule has 3 aromatic heterocycles. The summed E-state index contributed by atoms with van der Waals surface area (Å²) in [7, 11) is 2.77. The minimum atomic E-state index is -2.83. The Labute approximate surface area is 154 Å². The number of halogens is 3. The summed E-state index contributed by atoms with van der Waals surface area (Å²) < 4.78 is 31.4. The SMILES string of the molecule is Cn1c(=O)c2c(nc(Cl)n2Cc2nc3ccccc3n2C(F)F)n(C)c1=O. The number of rotatable bonds is 3.